The number of anilines is 2. The molecule has 0 saturated heterocycles. The van der Waals surface area contributed by atoms with Gasteiger partial charge in [0.2, 0.25) is 0 Å². The number of amides is 2. The summed E-state index contributed by atoms with van der Waals surface area (Å²) >= 11 is 2.73. The van der Waals surface area contributed by atoms with Gasteiger partial charge in [-0.05, 0) is 35.7 Å². The van der Waals surface area contributed by atoms with Gasteiger partial charge in [0.05, 0.1) is 27.9 Å². The number of rotatable bonds is 3. The monoisotopic (exact) mass is 333 g/mol. The van der Waals surface area contributed by atoms with Gasteiger partial charge in [-0.3, -0.25) is 10.6 Å². The van der Waals surface area contributed by atoms with Gasteiger partial charge in [-0.15, -0.1) is 11.3 Å². The standard InChI is InChI=1S/C14H11N3O3S2/c1-20-12(18)8-4-5-9-10(7-8)22-14(15-9)17-13(19)16-11-3-2-6-21-11/h2-7H,1H3,(H2,15,16,17,19). The van der Waals surface area contributed by atoms with Crippen LogP contribution in [-0.2, 0) is 4.74 Å². The first-order valence-corrected chi connectivity index (χ1v) is 7.96. The van der Waals surface area contributed by atoms with E-state index in [1.54, 1.807) is 18.2 Å². The Morgan fingerprint density at radius 1 is 1.23 bits per heavy atom. The number of thiazole rings is 1. The molecule has 2 heterocycles. The summed E-state index contributed by atoms with van der Waals surface area (Å²) in [6, 6.07) is 8.37. The Hall–Kier alpha value is -2.45. The van der Waals surface area contributed by atoms with E-state index in [4.69, 9.17) is 0 Å². The van der Waals surface area contributed by atoms with E-state index >= 15 is 0 Å². The van der Waals surface area contributed by atoms with Crippen molar-refractivity contribution >= 4 is 55.0 Å². The molecule has 2 N–H and O–H groups in total. The van der Waals surface area contributed by atoms with Crippen LogP contribution in [-0.4, -0.2) is 24.1 Å². The van der Waals surface area contributed by atoms with Crippen molar-refractivity contribution < 1.29 is 14.3 Å². The molecule has 112 valence electrons. The number of urea groups is 1. The van der Waals surface area contributed by atoms with Crippen molar-refractivity contribution in [1.29, 1.82) is 0 Å². The number of hydrogen-bond donors (Lipinski definition) is 2. The van der Waals surface area contributed by atoms with E-state index in [1.165, 1.54) is 29.8 Å². The molecular weight excluding hydrogens is 322 g/mol. The number of carbonyl (C=O) groups is 2. The summed E-state index contributed by atoms with van der Waals surface area (Å²) in [5.41, 5.74) is 1.16. The van der Waals surface area contributed by atoms with Gasteiger partial charge >= 0.3 is 12.0 Å². The van der Waals surface area contributed by atoms with Gasteiger partial charge in [0.15, 0.2) is 5.13 Å². The van der Waals surface area contributed by atoms with E-state index in [2.05, 4.69) is 20.4 Å². The fraction of sp³-hybridized carbons (Fsp3) is 0.0714. The van der Waals surface area contributed by atoms with E-state index in [0.717, 1.165) is 9.70 Å². The Morgan fingerprint density at radius 3 is 2.82 bits per heavy atom. The van der Waals surface area contributed by atoms with Crippen LogP contribution in [0.15, 0.2) is 35.7 Å². The first kappa shape index (κ1) is 14.5. The lowest BCUT2D eigenvalue weighted by atomic mass is 10.2. The highest BCUT2D eigenvalue weighted by molar-refractivity contribution is 7.22. The Labute approximate surface area is 133 Å². The van der Waals surface area contributed by atoms with Crippen molar-refractivity contribution in [2.45, 2.75) is 0 Å². The minimum absolute atomic E-state index is 0.352. The quantitative estimate of drug-likeness (QED) is 0.715. The second kappa shape index (κ2) is 6.12. The van der Waals surface area contributed by atoms with Crippen molar-refractivity contribution in [2.75, 3.05) is 17.7 Å². The second-order valence-corrected chi connectivity index (χ2v) is 6.23. The van der Waals surface area contributed by atoms with Gasteiger partial charge in [-0.2, -0.15) is 0 Å². The largest absolute Gasteiger partial charge is 0.465 e. The average molecular weight is 333 g/mol. The number of nitrogens with one attached hydrogen (secondary N) is 2. The van der Waals surface area contributed by atoms with Gasteiger partial charge in [0.1, 0.15) is 0 Å². The summed E-state index contributed by atoms with van der Waals surface area (Å²) in [5.74, 6) is -0.403. The highest BCUT2D eigenvalue weighted by atomic mass is 32.1. The zero-order valence-electron chi connectivity index (χ0n) is 11.5. The van der Waals surface area contributed by atoms with Gasteiger partial charge < -0.3 is 4.74 Å². The number of hydrogen-bond acceptors (Lipinski definition) is 6. The van der Waals surface area contributed by atoms with Crippen molar-refractivity contribution in [3.8, 4) is 0 Å². The fourth-order valence-corrected chi connectivity index (χ4v) is 3.33. The van der Waals surface area contributed by atoms with Crippen molar-refractivity contribution in [1.82, 2.24) is 4.98 Å². The number of fused-ring (bicyclic) bond motifs is 1. The summed E-state index contributed by atoms with van der Waals surface area (Å²) in [5, 5.41) is 8.49. The van der Waals surface area contributed by atoms with Gasteiger partial charge in [0.25, 0.3) is 0 Å². The molecule has 0 bridgehead atoms. The number of thiophene rings is 1. The van der Waals surface area contributed by atoms with Crippen LogP contribution in [0.3, 0.4) is 0 Å². The number of carbonyl (C=O) groups excluding carboxylic acids is 2. The second-order valence-electron chi connectivity index (χ2n) is 4.25. The third-order valence-corrected chi connectivity index (χ3v) is 4.51. The Morgan fingerprint density at radius 2 is 2.09 bits per heavy atom. The van der Waals surface area contributed by atoms with E-state index < -0.39 is 5.97 Å². The summed E-state index contributed by atoms with van der Waals surface area (Å²) in [4.78, 5) is 27.7. The minimum atomic E-state index is -0.403. The van der Waals surface area contributed by atoms with Crippen LogP contribution in [0.5, 0.6) is 0 Å². The number of benzene rings is 1. The van der Waals surface area contributed by atoms with Crippen LogP contribution in [0.2, 0.25) is 0 Å². The average Bonchev–Trinajstić information content (AvgIpc) is 3.14. The molecule has 0 aliphatic heterocycles. The third-order valence-electron chi connectivity index (χ3n) is 2.79. The number of ether oxygens (including phenoxy) is 1. The Bertz CT molecular complexity index is 827. The molecule has 0 unspecified atom stereocenters. The van der Waals surface area contributed by atoms with E-state index in [1.807, 2.05) is 17.5 Å². The molecule has 0 aliphatic carbocycles. The molecular formula is C14H11N3O3S2. The van der Waals surface area contributed by atoms with Crippen LogP contribution in [0.4, 0.5) is 14.9 Å². The molecule has 0 aliphatic rings. The predicted molar refractivity (Wildman–Crippen MR) is 87.9 cm³/mol. The van der Waals surface area contributed by atoms with E-state index in [-0.39, 0.29) is 6.03 Å². The van der Waals surface area contributed by atoms with Crippen molar-refractivity contribution in [2.24, 2.45) is 0 Å². The maximum Gasteiger partial charge on any atom is 0.337 e. The molecule has 0 radical (unpaired) electrons. The molecule has 3 aromatic rings. The molecule has 6 nitrogen and oxygen atoms in total. The summed E-state index contributed by atoms with van der Waals surface area (Å²) in [6.45, 7) is 0. The zero-order valence-corrected chi connectivity index (χ0v) is 13.1. The number of nitrogens with zero attached hydrogens (tertiary/aromatic N) is 1. The molecule has 0 spiro atoms. The summed E-state index contributed by atoms with van der Waals surface area (Å²) < 4.78 is 5.48. The van der Waals surface area contributed by atoms with Crippen LogP contribution < -0.4 is 10.6 Å². The van der Waals surface area contributed by atoms with Gasteiger partial charge in [0, 0.05) is 0 Å². The number of methoxy groups -OCH3 is 1. The summed E-state index contributed by atoms with van der Waals surface area (Å²) in [7, 11) is 1.33. The molecule has 3 rings (SSSR count). The third kappa shape index (κ3) is 3.07. The minimum Gasteiger partial charge on any atom is -0.465 e. The molecule has 8 heteroatoms. The maximum absolute atomic E-state index is 11.9. The molecule has 0 fully saturated rings. The normalized spacial score (nSPS) is 10.4. The SMILES string of the molecule is COC(=O)c1ccc2nc(NC(=O)Nc3cccs3)sc2c1. The molecule has 0 atom stereocenters. The first-order valence-electron chi connectivity index (χ1n) is 6.26. The van der Waals surface area contributed by atoms with E-state index in [0.29, 0.717) is 16.2 Å². The van der Waals surface area contributed by atoms with Crippen LogP contribution in [0.25, 0.3) is 10.2 Å². The molecule has 1 aromatic carbocycles. The lowest BCUT2D eigenvalue weighted by molar-refractivity contribution is 0.0601. The molecule has 2 aromatic heterocycles. The molecule has 2 amide bonds. The smallest absolute Gasteiger partial charge is 0.337 e. The van der Waals surface area contributed by atoms with Crippen molar-refractivity contribution in [3.05, 3.63) is 41.3 Å². The van der Waals surface area contributed by atoms with Crippen LogP contribution in [0.1, 0.15) is 10.4 Å². The number of aromatic nitrogens is 1. The number of esters is 1. The summed E-state index contributed by atoms with van der Waals surface area (Å²) in [6.07, 6.45) is 0. The lowest BCUT2D eigenvalue weighted by Crippen LogP contribution is -2.18. The Kier molecular flexibility index (Phi) is 4.03. The van der Waals surface area contributed by atoms with Crippen molar-refractivity contribution in [3.63, 3.8) is 0 Å². The topological polar surface area (TPSA) is 80.3 Å². The maximum atomic E-state index is 11.9. The predicted octanol–water partition coefficient (Wildman–Crippen LogP) is 3.79. The highest BCUT2D eigenvalue weighted by Crippen LogP contribution is 2.27. The lowest BCUT2D eigenvalue weighted by Gasteiger charge is -2.01. The fourth-order valence-electron chi connectivity index (χ4n) is 1.81. The molecule has 22 heavy (non-hydrogen) atoms. The van der Waals surface area contributed by atoms with Gasteiger partial charge in [-0.1, -0.05) is 11.3 Å². The first-order chi connectivity index (χ1) is 10.7. The highest BCUT2D eigenvalue weighted by Gasteiger charge is 2.11. The molecule has 0 saturated carbocycles. The Balaban J connectivity index is 1.77. The van der Waals surface area contributed by atoms with Crippen LogP contribution in [0, 0.1) is 0 Å². The zero-order chi connectivity index (χ0) is 15.5. The van der Waals surface area contributed by atoms with Gasteiger partial charge in [-0.25, -0.2) is 14.6 Å². The van der Waals surface area contributed by atoms with E-state index in [9.17, 15) is 9.59 Å². The van der Waals surface area contributed by atoms with Crippen LogP contribution >= 0.6 is 22.7 Å².